The number of rotatable bonds is 2. The second kappa shape index (κ2) is 5.04. The summed E-state index contributed by atoms with van der Waals surface area (Å²) in [5.74, 6) is 2.52. The van der Waals surface area contributed by atoms with Gasteiger partial charge in [-0.05, 0) is 49.8 Å². The lowest BCUT2D eigenvalue weighted by Crippen LogP contribution is -2.38. The summed E-state index contributed by atoms with van der Waals surface area (Å²) in [7, 11) is 2.04. The van der Waals surface area contributed by atoms with E-state index in [2.05, 4.69) is 23.5 Å². The summed E-state index contributed by atoms with van der Waals surface area (Å²) in [6, 6.07) is 0. The molecular weight excluding hydrogens is 222 g/mol. The first kappa shape index (κ1) is 12.2. The second-order valence-electron chi connectivity index (χ2n) is 6.15. The highest BCUT2D eigenvalue weighted by Gasteiger charge is 2.35. The van der Waals surface area contributed by atoms with Crippen molar-refractivity contribution in [3.63, 3.8) is 0 Å². The van der Waals surface area contributed by atoms with Gasteiger partial charge in [-0.3, -0.25) is 4.68 Å². The van der Waals surface area contributed by atoms with Crippen LogP contribution in [0.25, 0.3) is 0 Å². The molecule has 100 valence electrons. The van der Waals surface area contributed by atoms with Gasteiger partial charge in [0.2, 0.25) is 0 Å². The second-order valence-corrected chi connectivity index (χ2v) is 6.15. The van der Waals surface area contributed by atoms with E-state index in [1.165, 1.54) is 56.5 Å². The van der Waals surface area contributed by atoms with Gasteiger partial charge in [0, 0.05) is 13.2 Å². The Morgan fingerprint density at radius 2 is 2.06 bits per heavy atom. The van der Waals surface area contributed by atoms with Crippen molar-refractivity contribution in [3.05, 3.63) is 17.5 Å². The molecule has 1 saturated carbocycles. The number of hydrogen-bond donors (Lipinski definition) is 1. The van der Waals surface area contributed by atoms with Crippen LogP contribution in [0.5, 0.6) is 0 Å². The number of nitrogens with one attached hydrogen (secondary N) is 1. The summed E-state index contributed by atoms with van der Waals surface area (Å²) in [5.41, 5.74) is 2.75. The van der Waals surface area contributed by atoms with E-state index < -0.39 is 0 Å². The monoisotopic (exact) mass is 247 g/mol. The topological polar surface area (TPSA) is 29.9 Å². The number of hydrogen-bond acceptors (Lipinski definition) is 2. The summed E-state index contributed by atoms with van der Waals surface area (Å²) in [4.78, 5) is 0. The predicted octanol–water partition coefficient (Wildman–Crippen LogP) is 2.61. The fourth-order valence-electron chi connectivity index (χ4n) is 4.13. The summed E-state index contributed by atoms with van der Waals surface area (Å²) in [6.45, 7) is 4.55. The van der Waals surface area contributed by atoms with Gasteiger partial charge in [-0.25, -0.2) is 0 Å². The van der Waals surface area contributed by atoms with Crippen molar-refractivity contribution in [1.29, 1.82) is 0 Å². The van der Waals surface area contributed by atoms with Crippen LogP contribution in [0.4, 0.5) is 0 Å². The van der Waals surface area contributed by atoms with Crippen LogP contribution < -0.4 is 5.32 Å². The van der Waals surface area contributed by atoms with Gasteiger partial charge in [0.15, 0.2) is 0 Å². The first-order chi connectivity index (χ1) is 8.75. The normalized spacial score (nSPS) is 29.9. The molecule has 0 aromatic carbocycles. The summed E-state index contributed by atoms with van der Waals surface area (Å²) >= 11 is 0. The average Bonchev–Trinajstić information content (AvgIpc) is 2.99. The Balaban J connectivity index is 1.84. The molecule has 2 fully saturated rings. The zero-order chi connectivity index (χ0) is 12.5. The predicted molar refractivity (Wildman–Crippen MR) is 73.6 cm³/mol. The molecule has 1 saturated heterocycles. The molecule has 1 aliphatic heterocycles. The van der Waals surface area contributed by atoms with Crippen LogP contribution in [0.1, 0.15) is 49.3 Å². The molecule has 1 N–H and O–H groups in total. The summed E-state index contributed by atoms with van der Waals surface area (Å²) in [6.07, 6.45) is 9.32. The number of aromatic nitrogens is 2. The third-order valence-electron chi connectivity index (χ3n) is 4.99. The third kappa shape index (κ3) is 2.20. The van der Waals surface area contributed by atoms with Crippen LogP contribution in [-0.2, 0) is 7.05 Å². The van der Waals surface area contributed by atoms with Gasteiger partial charge in [-0.1, -0.05) is 25.7 Å². The van der Waals surface area contributed by atoms with E-state index >= 15 is 0 Å². The van der Waals surface area contributed by atoms with Crippen LogP contribution in [0, 0.1) is 18.8 Å². The molecule has 0 radical (unpaired) electrons. The van der Waals surface area contributed by atoms with Crippen LogP contribution >= 0.6 is 0 Å². The van der Waals surface area contributed by atoms with Gasteiger partial charge in [0.25, 0.3) is 0 Å². The van der Waals surface area contributed by atoms with Crippen LogP contribution in [0.3, 0.4) is 0 Å². The lowest BCUT2D eigenvalue weighted by molar-refractivity contribution is 0.230. The molecule has 18 heavy (non-hydrogen) atoms. The Morgan fingerprint density at radius 1 is 1.28 bits per heavy atom. The van der Waals surface area contributed by atoms with E-state index in [1.807, 2.05) is 11.7 Å². The smallest absolute Gasteiger partial charge is 0.0628 e. The zero-order valence-electron chi connectivity index (χ0n) is 11.7. The van der Waals surface area contributed by atoms with Crippen LogP contribution in [0.2, 0.25) is 0 Å². The molecule has 3 heteroatoms. The molecule has 0 amide bonds. The van der Waals surface area contributed by atoms with Gasteiger partial charge in [-0.15, -0.1) is 0 Å². The van der Waals surface area contributed by atoms with E-state index in [-0.39, 0.29) is 0 Å². The lowest BCUT2D eigenvalue weighted by Gasteiger charge is -2.36. The van der Waals surface area contributed by atoms with Crippen LogP contribution in [-0.4, -0.2) is 22.9 Å². The highest BCUT2D eigenvalue weighted by atomic mass is 15.2. The standard InChI is InChI=1S/C15H25N3/c1-11-15(10-18(2)17-11)13-7-8-16-9-14(13)12-5-3-4-6-12/h10,12-14,16H,3-9H2,1-2H3. The van der Waals surface area contributed by atoms with Crippen molar-refractivity contribution < 1.29 is 0 Å². The van der Waals surface area contributed by atoms with E-state index in [9.17, 15) is 0 Å². The van der Waals surface area contributed by atoms with Gasteiger partial charge in [-0.2, -0.15) is 5.10 Å². The van der Waals surface area contributed by atoms with Gasteiger partial charge >= 0.3 is 0 Å². The van der Waals surface area contributed by atoms with Crippen molar-refractivity contribution in [1.82, 2.24) is 15.1 Å². The molecule has 1 aliphatic carbocycles. The van der Waals surface area contributed by atoms with Crippen molar-refractivity contribution >= 4 is 0 Å². The van der Waals surface area contributed by atoms with Crippen molar-refractivity contribution in [2.24, 2.45) is 18.9 Å². The maximum absolute atomic E-state index is 4.54. The van der Waals surface area contributed by atoms with Gasteiger partial charge < -0.3 is 5.32 Å². The summed E-state index contributed by atoms with van der Waals surface area (Å²) < 4.78 is 1.98. The minimum absolute atomic E-state index is 0.739. The molecule has 1 aromatic heterocycles. The fraction of sp³-hybridized carbons (Fsp3) is 0.800. The van der Waals surface area contributed by atoms with Crippen molar-refractivity contribution in [3.8, 4) is 0 Å². The average molecular weight is 247 g/mol. The number of nitrogens with zero attached hydrogens (tertiary/aromatic N) is 2. The largest absolute Gasteiger partial charge is 0.316 e. The SMILES string of the molecule is Cc1nn(C)cc1C1CCNCC1C1CCCC1. The van der Waals surface area contributed by atoms with Crippen LogP contribution in [0.15, 0.2) is 6.20 Å². The molecular formula is C15H25N3. The Bertz CT molecular complexity index is 404. The van der Waals surface area contributed by atoms with Crippen molar-refractivity contribution in [2.45, 2.75) is 44.9 Å². The zero-order valence-corrected chi connectivity index (χ0v) is 11.7. The van der Waals surface area contributed by atoms with E-state index in [0.29, 0.717) is 0 Å². The minimum Gasteiger partial charge on any atom is -0.316 e. The Hall–Kier alpha value is -0.830. The maximum atomic E-state index is 4.54. The summed E-state index contributed by atoms with van der Waals surface area (Å²) in [5, 5.41) is 8.15. The first-order valence-corrected chi connectivity index (χ1v) is 7.46. The highest BCUT2D eigenvalue weighted by molar-refractivity contribution is 5.23. The number of piperidine rings is 1. The van der Waals surface area contributed by atoms with Crippen molar-refractivity contribution in [2.75, 3.05) is 13.1 Å². The number of aryl methyl sites for hydroxylation is 2. The molecule has 1 aromatic rings. The third-order valence-corrected chi connectivity index (χ3v) is 4.99. The van der Waals surface area contributed by atoms with E-state index in [4.69, 9.17) is 0 Å². The Morgan fingerprint density at radius 3 is 2.72 bits per heavy atom. The van der Waals surface area contributed by atoms with Gasteiger partial charge in [0.05, 0.1) is 5.69 Å². The molecule has 0 spiro atoms. The first-order valence-electron chi connectivity index (χ1n) is 7.46. The van der Waals surface area contributed by atoms with E-state index in [0.717, 1.165) is 17.8 Å². The molecule has 2 heterocycles. The molecule has 2 unspecified atom stereocenters. The Labute approximate surface area is 110 Å². The molecule has 2 aliphatic rings. The van der Waals surface area contributed by atoms with E-state index in [1.54, 1.807) is 0 Å². The quantitative estimate of drug-likeness (QED) is 0.870. The van der Waals surface area contributed by atoms with Gasteiger partial charge in [0.1, 0.15) is 0 Å². The Kier molecular flexibility index (Phi) is 3.42. The minimum atomic E-state index is 0.739. The molecule has 3 nitrogen and oxygen atoms in total. The maximum Gasteiger partial charge on any atom is 0.0628 e. The molecule has 2 atom stereocenters. The fourth-order valence-corrected chi connectivity index (χ4v) is 4.13. The lowest BCUT2D eigenvalue weighted by atomic mass is 9.74. The molecule has 0 bridgehead atoms. The highest BCUT2D eigenvalue weighted by Crippen LogP contribution is 2.42. The molecule has 3 rings (SSSR count).